The number of amides is 3. The van der Waals surface area contributed by atoms with E-state index in [9.17, 15) is 14.4 Å². The molecule has 2 aliphatic rings. The molecule has 2 aliphatic heterocycles. The predicted molar refractivity (Wildman–Crippen MR) is 200 cm³/mol. The SMILES string of the molecule is CN(C)C1CCN(C(=O)CCCOc2cc(C(=O)N3CCCCc4sccc43)ccc2NC(=O)c2ccccc2-c2ccccc2)CC1.Cl. The fraction of sp³-hybridized carbons (Fsp3) is 0.359. The van der Waals surface area contributed by atoms with Gasteiger partial charge in [-0.05, 0) is 99.5 Å². The third-order valence-electron chi connectivity index (χ3n) is 9.37. The van der Waals surface area contributed by atoms with Crippen LogP contribution in [0.2, 0.25) is 0 Å². The van der Waals surface area contributed by atoms with Crippen molar-refractivity contribution in [1.82, 2.24) is 9.80 Å². The molecular formula is C39H45ClN4O4S. The van der Waals surface area contributed by atoms with Gasteiger partial charge < -0.3 is 24.8 Å². The van der Waals surface area contributed by atoms with Crippen molar-refractivity contribution >= 4 is 52.8 Å². The molecule has 1 N–H and O–H groups in total. The fourth-order valence-electron chi connectivity index (χ4n) is 6.62. The zero-order valence-electron chi connectivity index (χ0n) is 28.2. The van der Waals surface area contributed by atoms with Gasteiger partial charge in [-0.25, -0.2) is 0 Å². The molecule has 0 atom stereocenters. The highest BCUT2D eigenvalue weighted by Crippen LogP contribution is 2.34. The maximum atomic E-state index is 13.9. The second kappa shape index (κ2) is 17.0. The van der Waals surface area contributed by atoms with E-state index < -0.39 is 0 Å². The lowest BCUT2D eigenvalue weighted by atomic mass is 9.99. The molecule has 0 saturated carbocycles. The van der Waals surface area contributed by atoms with E-state index in [-0.39, 0.29) is 36.7 Å². The molecular weight excluding hydrogens is 656 g/mol. The van der Waals surface area contributed by atoms with Crippen molar-refractivity contribution in [3.05, 3.63) is 100 Å². The standard InChI is InChI=1S/C39H44N4O4S.ClH/c1-41(2)30-19-23-42(24-20-30)37(44)16-10-25-47-35-27-29(39(46)43-22-9-8-15-36-34(43)21-26-48-36)17-18-33(35)40-38(45)32-14-7-6-13-31(32)28-11-4-3-5-12-28;/h3-7,11-14,17-18,21,26-27,30H,8-10,15-16,19-20,22-25H2,1-2H3,(H,40,45);1H. The van der Waals surface area contributed by atoms with Crippen molar-refractivity contribution in [3.63, 3.8) is 0 Å². The van der Waals surface area contributed by atoms with Gasteiger partial charge in [-0.1, -0.05) is 48.5 Å². The van der Waals surface area contributed by atoms with Crippen LogP contribution in [0.25, 0.3) is 11.1 Å². The van der Waals surface area contributed by atoms with Gasteiger partial charge >= 0.3 is 0 Å². The lowest BCUT2D eigenvalue weighted by molar-refractivity contribution is -0.132. The largest absolute Gasteiger partial charge is 0.491 e. The van der Waals surface area contributed by atoms with Gasteiger partial charge in [-0.15, -0.1) is 23.7 Å². The smallest absolute Gasteiger partial charge is 0.258 e. The Morgan fingerprint density at radius 3 is 2.45 bits per heavy atom. The molecule has 49 heavy (non-hydrogen) atoms. The Morgan fingerprint density at radius 2 is 1.67 bits per heavy atom. The van der Waals surface area contributed by atoms with E-state index in [1.165, 1.54) is 4.88 Å². The normalized spacial score (nSPS) is 14.8. The maximum Gasteiger partial charge on any atom is 0.258 e. The summed E-state index contributed by atoms with van der Waals surface area (Å²) < 4.78 is 6.27. The van der Waals surface area contributed by atoms with E-state index in [1.807, 2.05) is 69.8 Å². The first-order valence-electron chi connectivity index (χ1n) is 16.9. The number of nitrogens with one attached hydrogen (secondary N) is 1. The summed E-state index contributed by atoms with van der Waals surface area (Å²) >= 11 is 1.69. The van der Waals surface area contributed by atoms with Gasteiger partial charge in [0.25, 0.3) is 11.8 Å². The van der Waals surface area contributed by atoms with Crippen LogP contribution in [0.3, 0.4) is 0 Å². The van der Waals surface area contributed by atoms with Crippen LogP contribution in [0, 0.1) is 0 Å². The molecule has 1 saturated heterocycles. The summed E-state index contributed by atoms with van der Waals surface area (Å²) in [6.45, 7) is 2.48. The lowest BCUT2D eigenvalue weighted by Gasteiger charge is -2.35. The second-order valence-electron chi connectivity index (χ2n) is 12.7. The maximum absolute atomic E-state index is 13.9. The minimum absolute atomic E-state index is 0. The van der Waals surface area contributed by atoms with Gasteiger partial charge in [-0.2, -0.15) is 0 Å². The van der Waals surface area contributed by atoms with Crippen molar-refractivity contribution in [1.29, 1.82) is 0 Å². The number of hydrogen-bond acceptors (Lipinski definition) is 6. The summed E-state index contributed by atoms with van der Waals surface area (Å²) in [5.41, 5.74) is 4.25. The number of fused-ring (bicyclic) bond motifs is 1. The third kappa shape index (κ3) is 8.71. The van der Waals surface area contributed by atoms with E-state index in [2.05, 4.69) is 24.3 Å². The topological polar surface area (TPSA) is 82.2 Å². The first-order valence-corrected chi connectivity index (χ1v) is 17.8. The van der Waals surface area contributed by atoms with Gasteiger partial charge in [0.05, 0.1) is 18.0 Å². The molecule has 0 radical (unpaired) electrons. The zero-order chi connectivity index (χ0) is 33.5. The number of anilines is 2. The van der Waals surface area contributed by atoms with E-state index in [0.717, 1.165) is 62.0 Å². The first kappa shape index (κ1) is 36.1. The summed E-state index contributed by atoms with van der Waals surface area (Å²) in [6.07, 6.45) is 5.84. The molecule has 4 aromatic rings. The third-order valence-corrected chi connectivity index (χ3v) is 10.3. The van der Waals surface area contributed by atoms with Crippen molar-refractivity contribution in [3.8, 4) is 16.9 Å². The number of piperidine rings is 1. The highest BCUT2D eigenvalue weighted by atomic mass is 35.5. The molecule has 6 rings (SSSR count). The predicted octanol–water partition coefficient (Wildman–Crippen LogP) is 7.78. The number of halogens is 1. The van der Waals surface area contributed by atoms with Crippen LogP contribution in [-0.2, 0) is 11.2 Å². The summed E-state index contributed by atoms with van der Waals surface area (Å²) in [5, 5.41) is 5.10. The number of rotatable bonds is 10. The summed E-state index contributed by atoms with van der Waals surface area (Å²) in [6, 6.07) is 25.1. The molecule has 0 bridgehead atoms. The monoisotopic (exact) mass is 700 g/mol. The number of thiophene rings is 1. The number of likely N-dealkylation sites (tertiary alicyclic amines) is 1. The quantitative estimate of drug-likeness (QED) is 0.171. The minimum Gasteiger partial charge on any atom is -0.491 e. The van der Waals surface area contributed by atoms with Gasteiger partial charge in [0, 0.05) is 48.1 Å². The Balaban J connectivity index is 0.00000468. The van der Waals surface area contributed by atoms with Crippen molar-refractivity contribution in [2.75, 3.05) is 50.6 Å². The van der Waals surface area contributed by atoms with Crippen LogP contribution in [-0.4, -0.2) is 73.9 Å². The van der Waals surface area contributed by atoms with E-state index >= 15 is 0 Å². The second-order valence-corrected chi connectivity index (χ2v) is 13.7. The van der Waals surface area contributed by atoms with Crippen LogP contribution < -0.4 is 15.0 Å². The average molecular weight is 701 g/mol. The number of aryl methyl sites for hydroxylation is 1. The zero-order valence-corrected chi connectivity index (χ0v) is 29.9. The lowest BCUT2D eigenvalue weighted by Crippen LogP contribution is -2.44. The van der Waals surface area contributed by atoms with Gasteiger partial charge in [0.1, 0.15) is 5.75 Å². The van der Waals surface area contributed by atoms with Crippen LogP contribution in [0.4, 0.5) is 11.4 Å². The van der Waals surface area contributed by atoms with Crippen molar-refractivity contribution in [2.45, 2.75) is 51.0 Å². The number of nitrogens with zero attached hydrogens (tertiary/aromatic N) is 3. The number of carbonyl (C=O) groups excluding carboxylic acids is 3. The molecule has 0 unspecified atom stereocenters. The average Bonchev–Trinajstić information content (AvgIpc) is 3.49. The molecule has 258 valence electrons. The molecule has 10 heteroatoms. The molecule has 3 amide bonds. The highest BCUT2D eigenvalue weighted by molar-refractivity contribution is 7.10. The Bertz CT molecular complexity index is 1740. The molecule has 3 heterocycles. The van der Waals surface area contributed by atoms with Crippen molar-refractivity contribution < 1.29 is 19.1 Å². The number of hydrogen-bond donors (Lipinski definition) is 1. The summed E-state index contributed by atoms with van der Waals surface area (Å²) in [5.74, 6) is 0.180. The molecule has 0 spiro atoms. The molecule has 3 aromatic carbocycles. The molecule has 8 nitrogen and oxygen atoms in total. The Morgan fingerprint density at radius 1 is 0.918 bits per heavy atom. The van der Waals surface area contributed by atoms with Gasteiger partial charge in [0.2, 0.25) is 5.91 Å². The van der Waals surface area contributed by atoms with E-state index in [0.29, 0.717) is 48.0 Å². The number of carbonyl (C=O) groups is 3. The first-order chi connectivity index (χ1) is 23.4. The van der Waals surface area contributed by atoms with Crippen LogP contribution in [0.1, 0.15) is 64.1 Å². The highest BCUT2D eigenvalue weighted by Gasteiger charge is 2.26. The van der Waals surface area contributed by atoms with Crippen LogP contribution in [0.15, 0.2) is 84.2 Å². The molecule has 0 aliphatic carbocycles. The summed E-state index contributed by atoms with van der Waals surface area (Å²) in [7, 11) is 4.18. The molecule has 1 aromatic heterocycles. The van der Waals surface area contributed by atoms with Gasteiger partial charge in [0.15, 0.2) is 0 Å². The van der Waals surface area contributed by atoms with Crippen LogP contribution >= 0.6 is 23.7 Å². The minimum atomic E-state index is -0.273. The van der Waals surface area contributed by atoms with Crippen LogP contribution in [0.5, 0.6) is 5.75 Å². The fourth-order valence-corrected chi connectivity index (χ4v) is 7.54. The summed E-state index contributed by atoms with van der Waals surface area (Å²) in [4.78, 5) is 47.9. The van der Waals surface area contributed by atoms with E-state index in [1.54, 1.807) is 35.6 Å². The Labute approximate surface area is 299 Å². The Hall–Kier alpha value is -4.18. The van der Waals surface area contributed by atoms with Gasteiger partial charge in [-0.3, -0.25) is 14.4 Å². The number of ether oxygens (including phenoxy) is 1. The molecule has 1 fully saturated rings. The Kier molecular flexibility index (Phi) is 12.5. The number of benzene rings is 3. The van der Waals surface area contributed by atoms with Crippen molar-refractivity contribution in [2.24, 2.45) is 0 Å². The van der Waals surface area contributed by atoms with E-state index in [4.69, 9.17) is 4.74 Å².